The minimum absolute atomic E-state index is 0.395. The standard InChI is InChI=1S/C26H23Br2N3O2/c27-17-14-15-23-30-24(25(31(23)16-17)29-18-8-2-1-3-9-18)20-11-5-7-13-22(20)33-26(32)19-10-4-6-12-21(19)28/h4-7,10-16,18,29H,1-3,8-9H2. The van der Waals surface area contributed by atoms with E-state index in [1.165, 1.54) is 19.3 Å². The highest BCUT2D eigenvalue weighted by atomic mass is 79.9. The van der Waals surface area contributed by atoms with E-state index in [0.717, 1.165) is 40.0 Å². The Bertz CT molecular complexity index is 1310. The van der Waals surface area contributed by atoms with Crippen LogP contribution in [0.15, 0.2) is 75.8 Å². The lowest BCUT2D eigenvalue weighted by Gasteiger charge is -2.24. The third kappa shape index (κ3) is 4.70. The maximum atomic E-state index is 12.9. The number of esters is 1. The van der Waals surface area contributed by atoms with E-state index in [4.69, 9.17) is 9.72 Å². The zero-order valence-electron chi connectivity index (χ0n) is 17.9. The number of para-hydroxylation sites is 1. The number of hydrogen-bond donors (Lipinski definition) is 1. The number of anilines is 1. The summed E-state index contributed by atoms with van der Waals surface area (Å²) in [4.78, 5) is 17.9. The number of nitrogens with zero attached hydrogens (tertiary/aromatic N) is 2. The molecule has 1 aliphatic rings. The molecule has 4 aromatic rings. The molecule has 33 heavy (non-hydrogen) atoms. The van der Waals surface area contributed by atoms with Crippen LogP contribution in [0.4, 0.5) is 5.82 Å². The molecule has 0 aliphatic heterocycles. The van der Waals surface area contributed by atoms with E-state index in [1.54, 1.807) is 6.07 Å². The van der Waals surface area contributed by atoms with Crippen molar-refractivity contribution in [3.8, 4) is 17.0 Å². The topological polar surface area (TPSA) is 55.6 Å². The molecular weight excluding hydrogens is 546 g/mol. The van der Waals surface area contributed by atoms with Crippen LogP contribution < -0.4 is 10.1 Å². The molecule has 5 rings (SSSR count). The Labute approximate surface area is 209 Å². The third-order valence-corrected chi connectivity index (χ3v) is 7.13. The molecule has 2 heterocycles. The van der Waals surface area contributed by atoms with Gasteiger partial charge in [0.15, 0.2) is 0 Å². The SMILES string of the molecule is O=C(Oc1ccccc1-c1nc2ccc(Br)cn2c1NC1CCCCC1)c1ccccc1Br. The quantitative estimate of drug-likeness (QED) is 0.200. The van der Waals surface area contributed by atoms with Crippen LogP contribution in [0.2, 0.25) is 0 Å². The first-order valence-corrected chi connectivity index (χ1v) is 12.7. The van der Waals surface area contributed by atoms with E-state index < -0.39 is 5.97 Å². The molecule has 2 aromatic carbocycles. The fraction of sp³-hybridized carbons (Fsp3) is 0.231. The Hall–Kier alpha value is -2.64. The maximum absolute atomic E-state index is 12.9. The Kier molecular flexibility index (Phi) is 6.51. The maximum Gasteiger partial charge on any atom is 0.344 e. The predicted octanol–water partition coefficient (Wildman–Crippen LogP) is 7.49. The fourth-order valence-corrected chi connectivity index (χ4v) is 5.10. The first-order valence-electron chi connectivity index (χ1n) is 11.1. The number of benzene rings is 2. The molecule has 0 saturated heterocycles. The summed E-state index contributed by atoms with van der Waals surface area (Å²) in [5, 5.41) is 3.75. The Balaban J connectivity index is 1.57. The second-order valence-corrected chi connectivity index (χ2v) is 10.00. The van der Waals surface area contributed by atoms with Crippen LogP contribution >= 0.6 is 31.9 Å². The number of pyridine rings is 1. The summed E-state index contributed by atoms with van der Waals surface area (Å²) in [5.41, 5.74) is 2.86. The van der Waals surface area contributed by atoms with Crippen molar-refractivity contribution in [1.29, 1.82) is 0 Å². The van der Waals surface area contributed by atoms with Gasteiger partial charge in [0.25, 0.3) is 0 Å². The van der Waals surface area contributed by atoms with Crippen molar-refractivity contribution in [1.82, 2.24) is 9.38 Å². The molecule has 1 saturated carbocycles. The molecule has 0 atom stereocenters. The third-order valence-electron chi connectivity index (χ3n) is 5.97. The molecule has 0 radical (unpaired) electrons. The number of aromatic nitrogens is 2. The Morgan fingerprint density at radius 3 is 2.55 bits per heavy atom. The Morgan fingerprint density at radius 1 is 0.970 bits per heavy atom. The zero-order chi connectivity index (χ0) is 22.8. The van der Waals surface area contributed by atoms with Gasteiger partial charge in [-0.05, 0) is 81.1 Å². The number of rotatable bonds is 5. The lowest BCUT2D eigenvalue weighted by molar-refractivity contribution is 0.0734. The molecule has 1 aliphatic carbocycles. The van der Waals surface area contributed by atoms with Crippen LogP contribution in [0, 0.1) is 0 Å². The monoisotopic (exact) mass is 567 g/mol. The van der Waals surface area contributed by atoms with E-state index in [0.29, 0.717) is 21.8 Å². The first-order chi connectivity index (χ1) is 16.1. The zero-order valence-corrected chi connectivity index (χ0v) is 21.1. The second-order valence-electron chi connectivity index (χ2n) is 8.23. The van der Waals surface area contributed by atoms with Crippen molar-refractivity contribution < 1.29 is 9.53 Å². The molecule has 7 heteroatoms. The lowest BCUT2D eigenvalue weighted by atomic mass is 9.95. The number of halogens is 2. The van der Waals surface area contributed by atoms with Crippen molar-refractivity contribution in [2.45, 2.75) is 38.1 Å². The summed E-state index contributed by atoms with van der Waals surface area (Å²) < 4.78 is 9.62. The van der Waals surface area contributed by atoms with Crippen molar-refractivity contribution in [2.75, 3.05) is 5.32 Å². The minimum Gasteiger partial charge on any atom is -0.422 e. The summed E-state index contributed by atoms with van der Waals surface area (Å²) >= 11 is 7.03. The molecular formula is C26H23Br2N3O2. The van der Waals surface area contributed by atoms with Gasteiger partial charge in [0, 0.05) is 26.7 Å². The van der Waals surface area contributed by atoms with Gasteiger partial charge in [-0.15, -0.1) is 0 Å². The molecule has 0 bridgehead atoms. The van der Waals surface area contributed by atoms with Gasteiger partial charge in [0.2, 0.25) is 0 Å². The van der Waals surface area contributed by atoms with Crippen molar-refractivity contribution in [2.24, 2.45) is 0 Å². The molecule has 0 amide bonds. The number of carbonyl (C=O) groups is 1. The molecule has 1 N–H and O–H groups in total. The van der Waals surface area contributed by atoms with Gasteiger partial charge in [-0.25, -0.2) is 9.78 Å². The summed E-state index contributed by atoms with van der Waals surface area (Å²) in [6.07, 6.45) is 8.05. The van der Waals surface area contributed by atoms with Crippen molar-refractivity contribution in [3.05, 3.63) is 81.4 Å². The van der Waals surface area contributed by atoms with Crippen molar-refractivity contribution in [3.63, 3.8) is 0 Å². The van der Waals surface area contributed by atoms with Gasteiger partial charge in [0.05, 0.1) is 5.56 Å². The average molecular weight is 569 g/mol. The molecule has 0 spiro atoms. The molecule has 0 unspecified atom stereocenters. The fourth-order valence-electron chi connectivity index (χ4n) is 4.32. The van der Waals surface area contributed by atoms with Gasteiger partial charge in [0.1, 0.15) is 22.9 Å². The number of ether oxygens (including phenoxy) is 1. The second kappa shape index (κ2) is 9.69. The molecule has 5 nitrogen and oxygen atoms in total. The highest BCUT2D eigenvalue weighted by molar-refractivity contribution is 9.10. The van der Waals surface area contributed by atoms with Gasteiger partial charge in [-0.3, -0.25) is 4.40 Å². The summed E-state index contributed by atoms with van der Waals surface area (Å²) in [7, 11) is 0. The largest absolute Gasteiger partial charge is 0.422 e. The van der Waals surface area contributed by atoms with Gasteiger partial charge >= 0.3 is 5.97 Å². The van der Waals surface area contributed by atoms with Gasteiger partial charge in [-0.2, -0.15) is 0 Å². The van der Waals surface area contributed by atoms with Gasteiger partial charge in [-0.1, -0.05) is 43.5 Å². The highest BCUT2D eigenvalue weighted by Crippen LogP contribution is 2.37. The van der Waals surface area contributed by atoms with Crippen LogP contribution in [0.5, 0.6) is 5.75 Å². The van der Waals surface area contributed by atoms with Crippen LogP contribution in [0.1, 0.15) is 42.5 Å². The summed E-state index contributed by atoms with van der Waals surface area (Å²) in [6, 6.07) is 19.2. The van der Waals surface area contributed by atoms with Crippen LogP contribution in [0.3, 0.4) is 0 Å². The van der Waals surface area contributed by atoms with E-state index in [2.05, 4.69) is 41.6 Å². The summed E-state index contributed by atoms with van der Waals surface area (Å²) in [6.45, 7) is 0. The van der Waals surface area contributed by atoms with E-state index in [1.807, 2.05) is 60.8 Å². The lowest BCUT2D eigenvalue weighted by Crippen LogP contribution is -2.23. The minimum atomic E-state index is -0.414. The molecule has 168 valence electrons. The van der Waals surface area contributed by atoms with Crippen molar-refractivity contribution >= 4 is 49.3 Å². The first kappa shape index (κ1) is 22.2. The van der Waals surface area contributed by atoms with Crippen LogP contribution in [-0.4, -0.2) is 21.4 Å². The van der Waals surface area contributed by atoms with Crippen LogP contribution in [-0.2, 0) is 0 Å². The molecule has 2 aromatic heterocycles. The number of nitrogens with one attached hydrogen (secondary N) is 1. The van der Waals surface area contributed by atoms with E-state index in [9.17, 15) is 4.79 Å². The smallest absolute Gasteiger partial charge is 0.344 e. The Morgan fingerprint density at radius 2 is 1.73 bits per heavy atom. The number of carbonyl (C=O) groups excluding carboxylic acids is 1. The normalized spacial score (nSPS) is 14.4. The van der Waals surface area contributed by atoms with E-state index in [-0.39, 0.29) is 0 Å². The highest BCUT2D eigenvalue weighted by Gasteiger charge is 2.23. The van der Waals surface area contributed by atoms with Crippen LogP contribution in [0.25, 0.3) is 16.9 Å². The van der Waals surface area contributed by atoms with Gasteiger partial charge < -0.3 is 10.1 Å². The predicted molar refractivity (Wildman–Crippen MR) is 138 cm³/mol. The molecule has 1 fully saturated rings. The van der Waals surface area contributed by atoms with E-state index >= 15 is 0 Å². The number of imidazole rings is 1. The number of hydrogen-bond acceptors (Lipinski definition) is 4. The summed E-state index contributed by atoms with van der Waals surface area (Å²) in [5.74, 6) is 0.984. The number of fused-ring (bicyclic) bond motifs is 1. The average Bonchev–Trinajstić information content (AvgIpc) is 3.17.